The van der Waals surface area contributed by atoms with Crippen LogP contribution in [-0.4, -0.2) is 4.98 Å². The lowest BCUT2D eigenvalue weighted by Crippen LogP contribution is -2.30. The monoisotopic (exact) mass is 282 g/mol. The maximum atomic E-state index is 6.57. The zero-order chi connectivity index (χ0) is 15.0. The minimum Gasteiger partial charge on any atom is -0.322 e. The van der Waals surface area contributed by atoms with Crippen molar-refractivity contribution in [3.63, 3.8) is 0 Å². The molecule has 2 aromatic rings. The minimum atomic E-state index is 0.0725. The lowest BCUT2D eigenvalue weighted by Gasteiger charge is -2.35. The van der Waals surface area contributed by atoms with Gasteiger partial charge in [0.1, 0.15) is 0 Å². The van der Waals surface area contributed by atoms with E-state index in [4.69, 9.17) is 10.7 Å². The molecule has 1 aromatic heterocycles. The van der Waals surface area contributed by atoms with Gasteiger partial charge in [0.25, 0.3) is 0 Å². The second-order valence-electron chi connectivity index (χ2n) is 6.93. The average molecular weight is 282 g/mol. The highest BCUT2D eigenvalue weighted by Crippen LogP contribution is 2.38. The van der Waals surface area contributed by atoms with Crippen molar-refractivity contribution in [1.82, 2.24) is 4.98 Å². The lowest BCUT2D eigenvalue weighted by molar-refractivity contribution is 0.185. The van der Waals surface area contributed by atoms with Crippen LogP contribution in [0.3, 0.4) is 0 Å². The van der Waals surface area contributed by atoms with Gasteiger partial charge in [-0.1, -0.05) is 38.5 Å². The lowest BCUT2D eigenvalue weighted by atomic mass is 9.73. The molecule has 0 bridgehead atoms. The zero-order valence-electron chi connectivity index (χ0n) is 13.3. The van der Waals surface area contributed by atoms with Crippen LogP contribution >= 0.6 is 0 Å². The summed E-state index contributed by atoms with van der Waals surface area (Å²) in [7, 11) is 0. The summed E-state index contributed by atoms with van der Waals surface area (Å²) in [6.07, 6.45) is 3.77. The third kappa shape index (κ3) is 2.82. The highest BCUT2D eigenvalue weighted by molar-refractivity contribution is 5.82. The summed E-state index contributed by atoms with van der Waals surface area (Å²) in [6.45, 7) is 6.89. The Morgan fingerprint density at radius 2 is 1.90 bits per heavy atom. The Labute approximate surface area is 127 Å². The number of nitrogens with zero attached hydrogens (tertiary/aromatic N) is 1. The topological polar surface area (TPSA) is 38.9 Å². The van der Waals surface area contributed by atoms with Crippen LogP contribution in [0.4, 0.5) is 0 Å². The molecule has 1 saturated carbocycles. The van der Waals surface area contributed by atoms with Crippen molar-refractivity contribution < 1.29 is 0 Å². The first kappa shape index (κ1) is 14.5. The van der Waals surface area contributed by atoms with E-state index in [1.54, 1.807) is 0 Å². The van der Waals surface area contributed by atoms with Gasteiger partial charge in [0.2, 0.25) is 0 Å². The Morgan fingerprint density at radius 1 is 1.14 bits per heavy atom. The van der Waals surface area contributed by atoms with Crippen LogP contribution in [0.25, 0.3) is 10.9 Å². The van der Waals surface area contributed by atoms with Crippen molar-refractivity contribution in [2.75, 3.05) is 0 Å². The fourth-order valence-corrected chi connectivity index (χ4v) is 3.70. The third-order valence-corrected chi connectivity index (χ3v) is 5.43. The van der Waals surface area contributed by atoms with Gasteiger partial charge in [0.15, 0.2) is 0 Å². The molecule has 2 N–H and O–H groups in total. The van der Waals surface area contributed by atoms with Gasteiger partial charge in [-0.2, -0.15) is 0 Å². The SMILES string of the molecule is Cc1cc(C(N)C2CCC(C)C(C)C2)nc2ccccc12. The second-order valence-corrected chi connectivity index (χ2v) is 6.93. The first-order chi connectivity index (χ1) is 10.1. The van der Waals surface area contributed by atoms with Gasteiger partial charge in [-0.3, -0.25) is 4.98 Å². The Hall–Kier alpha value is -1.41. The number of pyridine rings is 1. The minimum absolute atomic E-state index is 0.0725. The van der Waals surface area contributed by atoms with E-state index in [0.29, 0.717) is 5.92 Å². The Bertz CT molecular complexity index is 634. The second kappa shape index (κ2) is 5.76. The number of benzene rings is 1. The molecule has 4 unspecified atom stereocenters. The van der Waals surface area contributed by atoms with E-state index in [2.05, 4.69) is 51.1 Å². The molecule has 0 radical (unpaired) electrons. The number of fused-ring (bicyclic) bond motifs is 1. The van der Waals surface area contributed by atoms with Crippen LogP contribution in [0.2, 0.25) is 0 Å². The number of hydrogen-bond donors (Lipinski definition) is 1. The zero-order valence-corrected chi connectivity index (χ0v) is 13.3. The third-order valence-electron chi connectivity index (χ3n) is 5.43. The number of nitrogens with two attached hydrogens (primary N) is 1. The van der Waals surface area contributed by atoms with Gasteiger partial charge in [0, 0.05) is 11.4 Å². The fourth-order valence-electron chi connectivity index (χ4n) is 3.70. The quantitative estimate of drug-likeness (QED) is 0.873. The van der Waals surface area contributed by atoms with Crippen LogP contribution in [0.5, 0.6) is 0 Å². The Balaban J connectivity index is 1.89. The van der Waals surface area contributed by atoms with E-state index in [-0.39, 0.29) is 6.04 Å². The van der Waals surface area contributed by atoms with Gasteiger partial charge in [-0.15, -0.1) is 0 Å². The molecular weight excluding hydrogens is 256 g/mol. The maximum Gasteiger partial charge on any atom is 0.0708 e. The van der Waals surface area contributed by atoms with E-state index in [1.807, 2.05) is 0 Å². The summed E-state index contributed by atoms with van der Waals surface area (Å²) < 4.78 is 0. The summed E-state index contributed by atoms with van der Waals surface area (Å²) in [5.74, 6) is 2.18. The standard InChI is InChI=1S/C19H26N2/c1-12-8-9-15(10-13(12)2)19(20)18-11-14(3)16-6-4-5-7-17(16)21-18/h4-7,11-13,15,19H,8-10,20H2,1-3H3. The number of aromatic nitrogens is 1. The normalized spacial score (nSPS) is 27.7. The van der Waals surface area contributed by atoms with Gasteiger partial charge >= 0.3 is 0 Å². The van der Waals surface area contributed by atoms with Crippen LogP contribution in [0, 0.1) is 24.7 Å². The van der Waals surface area contributed by atoms with Crippen LogP contribution < -0.4 is 5.73 Å². The number of aryl methyl sites for hydroxylation is 1. The molecule has 2 nitrogen and oxygen atoms in total. The van der Waals surface area contributed by atoms with Gasteiger partial charge < -0.3 is 5.73 Å². The smallest absolute Gasteiger partial charge is 0.0708 e. The maximum absolute atomic E-state index is 6.57. The first-order valence-corrected chi connectivity index (χ1v) is 8.18. The Morgan fingerprint density at radius 3 is 2.67 bits per heavy atom. The molecule has 2 heteroatoms. The van der Waals surface area contributed by atoms with Crippen molar-refractivity contribution in [1.29, 1.82) is 0 Å². The molecule has 4 atom stereocenters. The summed E-state index contributed by atoms with van der Waals surface area (Å²) >= 11 is 0. The van der Waals surface area contributed by atoms with Crippen molar-refractivity contribution in [3.05, 3.63) is 41.6 Å². The van der Waals surface area contributed by atoms with Gasteiger partial charge in [-0.25, -0.2) is 0 Å². The molecule has 3 rings (SSSR count). The molecule has 1 aromatic carbocycles. The molecule has 0 spiro atoms. The fraction of sp³-hybridized carbons (Fsp3) is 0.526. The van der Waals surface area contributed by atoms with E-state index >= 15 is 0 Å². The molecule has 0 saturated heterocycles. The number of hydrogen-bond acceptors (Lipinski definition) is 2. The molecule has 1 aliphatic rings. The van der Waals surface area contributed by atoms with E-state index < -0.39 is 0 Å². The number of para-hydroxylation sites is 1. The van der Waals surface area contributed by atoms with Crippen molar-refractivity contribution in [2.45, 2.75) is 46.1 Å². The van der Waals surface area contributed by atoms with E-state index in [0.717, 1.165) is 23.0 Å². The molecule has 1 heterocycles. The Kier molecular flexibility index (Phi) is 3.99. The van der Waals surface area contributed by atoms with Crippen LogP contribution in [0.15, 0.2) is 30.3 Å². The first-order valence-electron chi connectivity index (χ1n) is 8.18. The van der Waals surface area contributed by atoms with Crippen LogP contribution in [-0.2, 0) is 0 Å². The molecule has 0 amide bonds. The molecule has 1 aliphatic carbocycles. The van der Waals surface area contributed by atoms with Crippen molar-refractivity contribution in [3.8, 4) is 0 Å². The highest BCUT2D eigenvalue weighted by Gasteiger charge is 2.29. The molecule has 1 fully saturated rings. The summed E-state index contributed by atoms with van der Waals surface area (Å²) in [4.78, 5) is 4.83. The predicted molar refractivity (Wildman–Crippen MR) is 89.1 cm³/mol. The van der Waals surface area contributed by atoms with E-state index in [9.17, 15) is 0 Å². The van der Waals surface area contributed by atoms with Gasteiger partial charge in [0.05, 0.1) is 11.2 Å². The summed E-state index contributed by atoms with van der Waals surface area (Å²) in [5.41, 5.74) is 9.99. The predicted octanol–water partition coefficient (Wildman–Crippen LogP) is 4.62. The van der Waals surface area contributed by atoms with Gasteiger partial charge in [-0.05, 0) is 55.2 Å². The highest BCUT2D eigenvalue weighted by atomic mass is 14.8. The van der Waals surface area contributed by atoms with Crippen molar-refractivity contribution >= 4 is 10.9 Å². The molecule has 0 aliphatic heterocycles. The number of rotatable bonds is 2. The molecular formula is C19H26N2. The van der Waals surface area contributed by atoms with Crippen molar-refractivity contribution in [2.24, 2.45) is 23.5 Å². The summed E-state index contributed by atoms with van der Waals surface area (Å²) in [5, 5.41) is 1.24. The molecule has 21 heavy (non-hydrogen) atoms. The van der Waals surface area contributed by atoms with Crippen LogP contribution in [0.1, 0.15) is 50.4 Å². The van der Waals surface area contributed by atoms with E-state index in [1.165, 1.54) is 30.2 Å². The molecule has 112 valence electrons. The largest absolute Gasteiger partial charge is 0.322 e. The average Bonchev–Trinajstić information content (AvgIpc) is 2.49. The summed E-state index contributed by atoms with van der Waals surface area (Å²) in [6, 6.07) is 10.6.